The van der Waals surface area contributed by atoms with Crippen molar-refractivity contribution in [2.24, 2.45) is 12.5 Å². The molecule has 1 atom stereocenters. The van der Waals surface area contributed by atoms with Gasteiger partial charge < -0.3 is 30.3 Å². The van der Waals surface area contributed by atoms with Crippen molar-refractivity contribution in [1.82, 2.24) is 30.3 Å². The Morgan fingerprint density at radius 1 is 1.07 bits per heavy atom. The van der Waals surface area contributed by atoms with Gasteiger partial charge in [0.2, 0.25) is 11.8 Å². The van der Waals surface area contributed by atoms with E-state index in [1.54, 1.807) is 11.0 Å². The Morgan fingerprint density at radius 2 is 1.81 bits per heavy atom. The first kappa shape index (κ1) is 31.5. The number of Topliss-reactive ketones (excluding diaryl/α,β-unsaturated/α-hetero) is 1. The Morgan fingerprint density at radius 3 is 2.51 bits per heavy atom. The van der Waals surface area contributed by atoms with Gasteiger partial charge in [-0.3, -0.25) is 14.4 Å². The SMILES string of the molecule is C=CCNCC(=O)N1CC(=O)N(Cc2cccc3c(C(=O)CC(C)(C)C)cn(C)c23)C[C@@H]1NC(=O)NCc1ccccc1. The average molecular weight is 587 g/mol. The normalized spacial score (nSPS) is 15.4. The van der Waals surface area contributed by atoms with E-state index in [1.807, 2.05) is 87.1 Å². The van der Waals surface area contributed by atoms with E-state index in [2.05, 4.69) is 22.5 Å². The maximum absolute atomic E-state index is 13.4. The molecule has 0 aliphatic carbocycles. The Labute approximate surface area is 253 Å². The van der Waals surface area contributed by atoms with E-state index in [4.69, 9.17) is 0 Å². The number of fused-ring (bicyclic) bond motifs is 1. The van der Waals surface area contributed by atoms with Gasteiger partial charge in [-0.2, -0.15) is 0 Å². The maximum atomic E-state index is 13.4. The van der Waals surface area contributed by atoms with Crippen LogP contribution < -0.4 is 16.0 Å². The number of hydrogen-bond donors (Lipinski definition) is 3. The molecule has 43 heavy (non-hydrogen) atoms. The minimum absolute atomic E-state index is 0.0111. The zero-order valence-corrected chi connectivity index (χ0v) is 25.5. The molecular formula is C33H42N6O4. The number of rotatable bonds is 11. The third-order valence-electron chi connectivity index (χ3n) is 7.34. The summed E-state index contributed by atoms with van der Waals surface area (Å²) in [5, 5.41) is 9.56. The molecule has 3 N–H and O–H groups in total. The number of aromatic nitrogens is 1. The molecule has 0 unspecified atom stereocenters. The number of amides is 4. The number of piperazine rings is 1. The number of urea groups is 1. The third-order valence-corrected chi connectivity index (χ3v) is 7.34. The van der Waals surface area contributed by atoms with Gasteiger partial charge in [-0.25, -0.2) is 4.79 Å². The molecule has 228 valence electrons. The van der Waals surface area contributed by atoms with Crippen LogP contribution in [-0.4, -0.2) is 70.3 Å². The minimum atomic E-state index is -0.733. The molecule has 3 aromatic rings. The smallest absolute Gasteiger partial charge is 0.316 e. The number of benzene rings is 2. The summed E-state index contributed by atoms with van der Waals surface area (Å²) in [5.41, 5.74) is 3.22. The molecule has 1 fully saturated rings. The Hall–Kier alpha value is -4.44. The number of nitrogens with zero attached hydrogens (tertiary/aromatic N) is 3. The van der Waals surface area contributed by atoms with E-state index >= 15 is 0 Å². The van der Waals surface area contributed by atoms with Crippen molar-refractivity contribution in [3.63, 3.8) is 0 Å². The highest BCUT2D eigenvalue weighted by Crippen LogP contribution is 2.29. The first-order chi connectivity index (χ1) is 20.5. The van der Waals surface area contributed by atoms with E-state index in [9.17, 15) is 19.2 Å². The van der Waals surface area contributed by atoms with E-state index in [0.29, 0.717) is 25.1 Å². The Bertz CT molecular complexity index is 1490. The number of carbonyl (C=O) groups excluding carboxylic acids is 4. The molecule has 1 saturated heterocycles. The van der Waals surface area contributed by atoms with Crippen LogP contribution in [0.1, 0.15) is 48.7 Å². The summed E-state index contributed by atoms with van der Waals surface area (Å²) in [4.78, 5) is 55.6. The fraction of sp³-hybridized carbons (Fsp3) is 0.394. The van der Waals surface area contributed by atoms with Gasteiger partial charge in [0.25, 0.3) is 0 Å². The predicted molar refractivity (Wildman–Crippen MR) is 167 cm³/mol. The van der Waals surface area contributed by atoms with E-state index in [1.165, 1.54) is 4.90 Å². The molecule has 1 aliphatic heterocycles. The van der Waals surface area contributed by atoms with Crippen LogP contribution in [0.25, 0.3) is 10.9 Å². The molecular weight excluding hydrogens is 544 g/mol. The fourth-order valence-corrected chi connectivity index (χ4v) is 5.35. The van der Waals surface area contributed by atoms with Crippen molar-refractivity contribution in [2.75, 3.05) is 26.2 Å². The van der Waals surface area contributed by atoms with Crippen LogP contribution in [0, 0.1) is 5.41 Å². The summed E-state index contributed by atoms with van der Waals surface area (Å²) < 4.78 is 1.93. The van der Waals surface area contributed by atoms with Crippen LogP contribution in [0.2, 0.25) is 0 Å². The van der Waals surface area contributed by atoms with Gasteiger partial charge in [-0.05, 0) is 16.5 Å². The van der Waals surface area contributed by atoms with Crippen LogP contribution in [0.3, 0.4) is 0 Å². The van der Waals surface area contributed by atoms with Gasteiger partial charge in [0.1, 0.15) is 12.7 Å². The highest BCUT2D eigenvalue weighted by atomic mass is 16.2. The second-order valence-corrected chi connectivity index (χ2v) is 12.2. The van der Waals surface area contributed by atoms with Gasteiger partial charge >= 0.3 is 6.03 Å². The molecule has 10 nitrogen and oxygen atoms in total. The van der Waals surface area contributed by atoms with Crippen molar-refractivity contribution in [3.05, 3.63) is 84.1 Å². The number of ketones is 1. The first-order valence-corrected chi connectivity index (χ1v) is 14.5. The summed E-state index contributed by atoms with van der Waals surface area (Å²) in [6, 6.07) is 14.9. The average Bonchev–Trinajstić information content (AvgIpc) is 3.30. The lowest BCUT2D eigenvalue weighted by molar-refractivity contribution is -0.149. The summed E-state index contributed by atoms with van der Waals surface area (Å²) >= 11 is 0. The quantitative estimate of drug-likeness (QED) is 0.181. The van der Waals surface area contributed by atoms with Crippen molar-refractivity contribution >= 4 is 34.5 Å². The molecule has 0 saturated carbocycles. The topological polar surface area (TPSA) is 116 Å². The van der Waals surface area contributed by atoms with E-state index in [-0.39, 0.29) is 49.2 Å². The molecule has 4 amide bonds. The largest absolute Gasteiger partial charge is 0.350 e. The number of nitrogens with one attached hydrogen (secondary N) is 3. The predicted octanol–water partition coefficient (Wildman–Crippen LogP) is 3.57. The summed E-state index contributed by atoms with van der Waals surface area (Å²) in [6.07, 6.45) is 3.20. The Kier molecular flexibility index (Phi) is 10.0. The monoisotopic (exact) mass is 586 g/mol. The number of aryl methyl sites for hydroxylation is 1. The number of carbonyl (C=O) groups is 4. The zero-order chi connectivity index (χ0) is 31.1. The van der Waals surface area contributed by atoms with Crippen molar-refractivity contribution in [3.8, 4) is 0 Å². The van der Waals surface area contributed by atoms with Crippen molar-refractivity contribution in [1.29, 1.82) is 0 Å². The molecule has 0 spiro atoms. The second kappa shape index (κ2) is 13.7. The van der Waals surface area contributed by atoms with Crippen LogP contribution in [0.4, 0.5) is 4.79 Å². The fourth-order valence-electron chi connectivity index (χ4n) is 5.35. The molecule has 2 aromatic carbocycles. The van der Waals surface area contributed by atoms with Crippen LogP contribution in [0.15, 0.2) is 67.4 Å². The third kappa shape index (κ3) is 8.10. The van der Waals surface area contributed by atoms with Gasteiger partial charge in [0.15, 0.2) is 5.78 Å². The highest BCUT2D eigenvalue weighted by Gasteiger charge is 2.36. The number of para-hydroxylation sites is 1. The second-order valence-electron chi connectivity index (χ2n) is 12.2. The van der Waals surface area contributed by atoms with Crippen LogP contribution >= 0.6 is 0 Å². The molecule has 10 heteroatoms. The van der Waals surface area contributed by atoms with Gasteiger partial charge in [-0.15, -0.1) is 6.58 Å². The molecule has 0 radical (unpaired) electrons. The van der Waals surface area contributed by atoms with Crippen LogP contribution in [-0.2, 0) is 29.7 Å². The zero-order valence-electron chi connectivity index (χ0n) is 25.5. The van der Waals surface area contributed by atoms with Crippen molar-refractivity contribution in [2.45, 2.75) is 46.4 Å². The maximum Gasteiger partial charge on any atom is 0.316 e. The molecule has 0 bridgehead atoms. The highest BCUT2D eigenvalue weighted by molar-refractivity contribution is 6.09. The molecule has 2 heterocycles. The van der Waals surface area contributed by atoms with Crippen LogP contribution in [0.5, 0.6) is 0 Å². The Balaban J connectivity index is 1.54. The van der Waals surface area contributed by atoms with Gasteiger partial charge in [0, 0.05) is 50.2 Å². The lowest BCUT2D eigenvalue weighted by atomic mass is 9.88. The summed E-state index contributed by atoms with van der Waals surface area (Å²) in [5.74, 6) is -0.445. The van der Waals surface area contributed by atoms with Gasteiger partial charge in [-0.1, -0.05) is 75.4 Å². The molecule has 1 aliphatic rings. The molecule has 1 aromatic heterocycles. The number of hydrogen-bond acceptors (Lipinski definition) is 5. The van der Waals surface area contributed by atoms with E-state index in [0.717, 1.165) is 22.0 Å². The van der Waals surface area contributed by atoms with Crippen molar-refractivity contribution < 1.29 is 19.2 Å². The van der Waals surface area contributed by atoms with E-state index < -0.39 is 12.2 Å². The van der Waals surface area contributed by atoms with Gasteiger partial charge in [0.05, 0.1) is 18.6 Å². The summed E-state index contributed by atoms with van der Waals surface area (Å²) in [7, 11) is 1.90. The standard InChI is InChI=1S/C33H42N6O4/c1-6-15-34-18-29(41)39-22-30(42)38(21-28(39)36-32(43)35-17-23-11-8-7-9-12-23)19-24-13-10-14-25-26(20-37(5)31(24)25)27(40)16-33(2,3)4/h6-14,20,28,34H,1,15-19,21-22H2,2-5H3,(H2,35,36,43)/t28-/m1/s1. The first-order valence-electron chi connectivity index (χ1n) is 14.5. The summed E-state index contributed by atoms with van der Waals surface area (Å²) in [6.45, 7) is 10.8. The molecule has 4 rings (SSSR count). The lowest BCUT2D eigenvalue weighted by Gasteiger charge is -2.41. The minimum Gasteiger partial charge on any atom is -0.350 e. The lowest BCUT2D eigenvalue weighted by Crippen LogP contribution is -2.65.